The van der Waals surface area contributed by atoms with Gasteiger partial charge in [-0.2, -0.15) is 0 Å². The van der Waals surface area contributed by atoms with Crippen LogP contribution in [0.15, 0.2) is 24.3 Å². The van der Waals surface area contributed by atoms with Crippen LogP contribution in [0.25, 0.3) is 0 Å². The third-order valence-corrected chi connectivity index (χ3v) is 3.34. The lowest BCUT2D eigenvalue weighted by Gasteiger charge is -2.27. The topological polar surface area (TPSA) is 55.6 Å². The van der Waals surface area contributed by atoms with Gasteiger partial charge in [0.1, 0.15) is 0 Å². The summed E-state index contributed by atoms with van der Waals surface area (Å²) in [6.07, 6.45) is 2.33. The van der Waals surface area contributed by atoms with E-state index in [2.05, 4.69) is 23.6 Å². The van der Waals surface area contributed by atoms with Crippen molar-refractivity contribution in [3.8, 4) is 0 Å². The summed E-state index contributed by atoms with van der Waals surface area (Å²) in [7, 11) is 3.47. The molecule has 0 bridgehead atoms. The second kappa shape index (κ2) is 7.92. The zero-order valence-corrected chi connectivity index (χ0v) is 12.1. The number of esters is 1. The van der Waals surface area contributed by atoms with Gasteiger partial charge in [0.25, 0.3) is 0 Å². The van der Waals surface area contributed by atoms with Gasteiger partial charge in [-0.1, -0.05) is 25.5 Å². The number of hydrogen-bond donors (Lipinski definition) is 1. The predicted octanol–water partition coefficient (Wildman–Crippen LogP) is 2.20. The zero-order chi connectivity index (χ0) is 14.3. The first kappa shape index (κ1) is 15.7. The standard InChI is InChI=1S/C15H24N2O2/c1-4-5-10-17(2)14(11-16)12-6-8-13(9-7-12)15(18)19-3/h6-9,14H,4-5,10-11,16H2,1-3H3. The van der Waals surface area contributed by atoms with Crippen LogP contribution in [0.5, 0.6) is 0 Å². The van der Waals surface area contributed by atoms with Gasteiger partial charge in [0, 0.05) is 12.6 Å². The van der Waals surface area contributed by atoms with E-state index in [0.717, 1.165) is 18.5 Å². The van der Waals surface area contributed by atoms with Crippen molar-refractivity contribution in [2.75, 3.05) is 27.2 Å². The van der Waals surface area contributed by atoms with Crippen molar-refractivity contribution < 1.29 is 9.53 Å². The molecule has 0 aliphatic carbocycles. The molecule has 1 aromatic rings. The third kappa shape index (κ3) is 4.33. The van der Waals surface area contributed by atoms with Gasteiger partial charge in [-0.05, 0) is 37.7 Å². The highest BCUT2D eigenvalue weighted by Crippen LogP contribution is 2.19. The third-order valence-electron chi connectivity index (χ3n) is 3.34. The number of carbonyl (C=O) groups excluding carboxylic acids is 1. The SMILES string of the molecule is CCCCN(C)C(CN)c1ccc(C(=O)OC)cc1. The van der Waals surface area contributed by atoms with Crippen LogP contribution in [0.1, 0.15) is 41.7 Å². The summed E-state index contributed by atoms with van der Waals surface area (Å²) >= 11 is 0. The fourth-order valence-electron chi connectivity index (χ4n) is 2.09. The van der Waals surface area contributed by atoms with Crippen molar-refractivity contribution in [2.24, 2.45) is 5.73 Å². The molecule has 0 aliphatic heterocycles. The minimum atomic E-state index is -0.310. The number of rotatable bonds is 7. The monoisotopic (exact) mass is 264 g/mol. The number of carbonyl (C=O) groups is 1. The molecule has 1 rings (SSSR count). The fraction of sp³-hybridized carbons (Fsp3) is 0.533. The lowest BCUT2D eigenvalue weighted by Crippen LogP contribution is -2.31. The Bertz CT molecular complexity index is 390. The van der Waals surface area contributed by atoms with Crippen molar-refractivity contribution in [3.05, 3.63) is 35.4 Å². The summed E-state index contributed by atoms with van der Waals surface area (Å²) < 4.78 is 4.69. The summed E-state index contributed by atoms with van der Waals surface area (Å²) in [6, 6.07) is 7.67. The van der Waals surface area contributed by atoms with Crippen LogP contribution in [-0.2, 0) is 4.74 Å². The number of nitrogens with zero attached hydrogens (tertiary/aromatic N) is 1. The first-order chi connectivity index (χ1) is 9.13. The minimum Gasteiger partial charge on any atom is -0.465 e. The molecule has 0 amide bonds. The maximum atomic E-state index is 11.4. The van der Waals surface area contributed by atoms with E-state index in [4.69, 9.17) is 5.73 Å². The first-order valence-corrected chi connectivity index (χ1v) is 6.72. The van der Waals surface area contributed by atoms with Crippen LogP contribution >= 0.6 is 0 Å². The number of hydrogen-bond acceptors (Lipinski definition) is 4. The average molecular weight is 264 g/mol. The van der Waals surface area contributed by atoms with Crippen LogP contribution in [0.3, 0.4) is 0 Å². The maximum Gasteiger partial charge on any atom is 0.337 e. The Labute approximate surface area is 115 Å². The van der Waals surface area contributed by atoms with Crippen molar-refractivity contribution in [2.45, 2.75) is 25.8 Å². The lowest BCUT2D eigenvalue weighted by atomic mass is 10.0. The van der Waals surface area contributed by atoms with Crippen molar-refractivity contribution >= 4 is 5.97 Å². The highest BCUT2D eigenvalue weighted by atomic mass is 16.5. The van der Waals surface area contributed by atoms with Crippen LogP contribution < -0.4 is 5.73 Å². The number of methoxy groups -OCH3 is 1. The van der Waals surface area contributed by atoms with E-state index in [9.17, 15) is 4.79 Å². The number of benzene rings is 1. The van der Waals surface area contributed by atoms with Gasteiger partial charge >= 0.3 is 5.97 Å². The Kier molecular flexibility index (Phi) is 6.53. The van der Waals surface area contributed by atoms with E-state index in [-0.39, 0.29) is 12.0 Å². The molecule has 0 radical (unpaired) electrons. The Balaban J connectivity index is 2.78. The summed E-state index contributed by atoms with van der Waals surface area (Å²) in [5.41, 5.74) is 7.57. The molecule has 1 atom stereocenters. The highest BCUT2D eigenvalue weighted by molar-refractivity contribution is 5.89. The number of likely N-dealkylation sites (N-methyl/N-ethyl adjacent to an activating group) is 1. The van der Waals surface area contributed by atoms with E-state index in [1.807, 2.05) is 12.1 Å². The number of nitrogens with two attached hydrogens (primary N) is 1. The quantitative estimate of drug-likeness (QED) is 0.767. The zero-order valence-electron chi connectivity index (χ0n) is 12.1. The Hall–Kier alpha value is -1.39. The van der Waals surface area contributed by atoms with E-state index in [1.54, 1.807) is 12.1 Å². The summed E-state index contributed by atoms with van der Waals surface area (Å²) in [4.78, 5) is 13.6. The molecule has 4 nitrogen and oxygen atoms in total. The van der Waals surface area contributed by atoms with Crippen LogP contribution in [-0.4, -0.2) is 38.1 Å². The molecule has 0 fully saturated rings. The van der Waals surface area contributed by atoms with Crippen LogP contribution in [0, 0.1) is 0 Å². The first-order valence-electron chi connectivity index (χ1n) is 6.72. The van der Waals surface area contributed by atoms with Gasteiger partial charge in [-0.25, -0.2) is 4.79 Å². The van der Waals surface area contributed by atoms with E-state index in [1.165, 1.54) is 13.5 Å². The predicted molar refractivity (Wildman–Crippen MR) is 77.1 cm³/mol. The molecule has 106 valence electrons. The Morgan fingerprint density at radius 3 is 2.47 bits per heavy atom. The molecular formula is C15H24N2O2. The number of ether oxygens (including phenoxy) is 1. The molecule has 0 heterocycles. The Morgan fingerprint density at radius 2 is 2.00 bits per heavy atom. The van der Waals surface area contributed by atoms with Crippen molar-refractivity contribution in [3.63, 3.8) is 0 Å². The van der Waals surface area contributed by atoms with Gasteiger partial charge in [0.05, 0.1) is 12.7 Å². The molecule has 19 heavy (non-hydrogen) atoms. The van der Waals surface area contributed by atoms with E-state index < -0.39 is 0 Å². The van der Waals surface area contributed by atoms with Gasteiger partial charge in [0.15, 0.2) is 0 Å². The molecular weight excluding hydrogens is 240 g/mol. The molecule has 4 heteroatoms. The maximum absolute atomic E-state index is 11.4. The molecule has 1 aromatic carbocycles. The summed E-state index contributed by atoms with van der Waals surface area (Å²) in [5.74, 6) is -0.310. The largest absolute Gasteiger partial charge is 0.465 e. The average Bonchev–Trinajstić information content (AvgIpc) is 2.45. The normalized spacial score (nSPS) is 12.5. The molecule has 0 saturated heterocycles. The minimum absolute atomic E-state index is 0.193. The molecule has 0 spiro atoms. The summed E-state index contributed by atoms with van der Waals surface area (Å²) in [5, 5.41) is 0. The second-order valence-corrected chi connectivity index (χ2v) is 4.70. The molecule has 0 aliphatic rings. The van der Waals surface area contributed by atoms with Crippen LogP contribution in [0.4, 0.5) is 0 Å². The second-order valence-electron chi connectivity index (χ2n) is 4.70. The molecule has 0 aromatic heterocycles. The molecule has 2 N–H and O–H groups in total. The van der Waals surface area contributed by atoms with Crippen LogP contribution in [0.2, 0.25) is 0 Å². The van der Waals surface area contributed by atoms with Gasteiger partial charge in [-0.3, -0.25) is 4.90 Å². The van der Waals surface area contributed by atoms with Crippen molar-refractivity contribution in [1.29, 1.82) is 0 Å². The molecule has 0 saturated carbocycles. The van der Waals surface area contributed by atoms with Gasteiger partial charge < -0.3 is 10.5 Å². The Morgan fingerprint density at radius 1 is 1.37 bits per heavy atom. The van der Waals surface area contributed by atoms with Gasteiger partial charge in [0.2, 0.25) is 0 Å². The van der Waals surface area contributed by atoms with Crippen molar-refractivity contribution in [1.82, 2.24) is 4.90 Å². The molecule has 1 unspecified atom stereocenters. The lowest BCUT2D eigenvalue weighted by molar-refractivity contribution is 0.0600. The van der Waals surface area contributed by atoms with Gasteiger partial charge in [-0.15, -0.1) is 0 Å². The van der Waals surface area contributed by atoms with E-state index >= 15 is 0 Å². The smallest absolute Gasteiger partial charge is 0.337 e. The number of unbranched alkanes of at least 4 members (excludes halogenated alkanes) is 1. The highest BCUT2D eigenvalue weighted by Gasteiger charge is 2.15. The fourth-order valence-corrected chi connectivity index (χ4v) is 2.09. The summed E-state index contributed by atoms with van der Waals surface area (Å²) in [6.45, 7) is 3.77. The van der Waals surface area contributed by atoms with E-state index in [0.29, 0.717) is 12.1 Å².